The summed E-state index contributed by atoms with van der Waals surface area (Å²) < 4.78 is 28.6. The number of benzene rings is 2. The quantitative estimate of drug-likeness (QED) is 0.242. The molecule has 262 valence electrons. The van der Waals surface area contributed by atoms with Gasteiger partial charge in [-0.2, -0.15) is 23.0 Å². The van der Waals surface area contributed by atoms with Gasteiger partial charge in [0.25, 0.3) is 0 Å². The van der Waals surface area contributed by atoms with Gasteiger partial charge in [-0.1, -0.05) is 18.2 Å². The number of amides is 1. The first-order valence-electron chi connectivity index (χ1n) is 17.1. The van der Waals surface area contributed by atoms with Crippen LogP contribution in [0.1, 0.15) is 32.7 Å². The number of carbonyl (C=O) groups is 1. The molecule has 4 aromatic rings. The summed E-state index contributed by atoms with van der Waals surface area (Å²) in [7, 11) is 0. The highest BCUT2D eigenvalue weighted by Gasteiger charge is 2.44. The number of piperazine rings is 1. The van der Waals surface area contributed by atoms with Crippen molar-refractivity contribution in [3.05, 3.63) is 60.7 Å². The second kappa shape index (κ2) is 14.1. The van der Waals surface area contributed by atoms with Crippen molar-refractivity contribution in [2.45, 2.75) is 49.6 Å². The van der Waals surface area contributed by atoms with E-state index in [4.69, 9.17) is 32.9 Å². The maximum Gasteiger partial charge on any atom is 0.241 e. The number of nitrogen functional groups attached to an aromatic ring is 1. The molecular formula is C36H42FN9O3S. The number of rotatable bonds is 9. The molecule has 3 aliphatic heterocycles. The maximum atomic E-state index is 15.7. The summed E-state index contributed by atoms with van der Waals surface area (Å²) in [5.74, 6) is -0.620. The molecule has 0 radical (unpaired) electrons. The highest BCUT2D eigenvalue weighted by atomic mass is 32.1. The summed E-state index contributed by atoms with van der Waals surface area (Å²) in [6.45, 7) is 10.0. The van der Waals surface area contributed by atoms with Crippen LogP contribution in [-0.4, -0.2) is 110 Å². The van der Waals surface area contributed by atoms with E-state index in [-0.39, 0.29) is 23.3 Å². The molecule has 3 saturated heterocycles. The van der Waals surface area contributed by atoms with Crippen molar-refractivity contribution < 1.29 is 18.7 Å². The first-order valence-corrected chi connectivity index (χ1v) is 17.6. The number of para-hydroxylation sites is 1. The molecule has 1 amide bonds. The number of ether oxygens (including phenoxy) is 2. The Morgan fingerprint density at radius 2 is 1.84 bits per heavy atom. The minimum Gasteiger partial charge on any atom is -0.457 e. The van der Waals surface area contributed by atoms with E-state index in [9.17, 15) is 10.1 Å². The van der Waals surface area contributed by atoms with Crippen LogP contribution in [0.4, 0.5) is 10.2 Å². The average Bonchev–Trinajstić information content (AvgIpc) is 3.49. The molecule has 3 aliphatic rings. The summed E-state index contributed by atoms with van der Waals surface area (Å²) in [5, 5.41) is 15.1. The minimum atomic E-state index is -0.946. The number of thiol groups is 1. The second-order valence-corrected chi connectivity index (χ2v) is 14.4. The normalized spacial score (nSPS) is 20.6. The van der Waals surface area contributed by atoms with Gasteiger partial charge in [0.15, 0.2) is 5.65 Å². The fraction of sp³-hybridized carbons (Fsp3) is 0.472. The van der Waals surface area contributed by atoms with Crippen molar-refractivity contribution in [2.24, 2.45) is 5.92 Å². The van der Waals surface area contributed by atoms with Crippen LogP contribution in [0, 0.1) is 23.1 Å². The molecule has 3 atom stereocenters. The number of piperidine rings is 1. The van der Waals surface area contributed by atoms with Gasteiger partial charge in [-0.25, -0.2) is 19.0 Å². The summed E-state index contributed by atoms with van der Waals surface area (Å²) in [5.41, 5.74) is 6.84. The molecule has 50 heavy (non-hydrogen) atoms. The lowest BCUT2D eigenvalue weighted by Gasteiger charge is -2.50. The number of halogens is 1. The molecule has 0 bridgehead atoms. The molecule has 0 spiro atoms. The Balaban J connectivity index is 1.10. The fourth-order valence-corrected chi connectivity index (χ4v) is 7.68. The lowest BCUT2D eigenvalue weighted by Crippen LogP contribution is -2.63. The molecule has 2 N–H and O–H groups in total. The highest BCUT2D eigenvalue weighted by molar-refractivity contribution is 7.81. The SMILES string of the molecule is CC(C)([C@@H](S)[C@H](C#N)C(=O)N1CCC[C@@H](n2nc(-c3ccc(Oc4ccccc4)cc3F)c3c(N)ncnc32)C1)N1CCN(C2COC2)CC1. The third-order valence-electron chi connectivity index (χ3n) is 10.5. The van der Waals surface area contributed by atoms with Crippen LogP contribution in [0.5, 0.6) is 11.5 Å². The number of fused-ring (bicyclic) bond motifs is 1. The zero-order valence-corrected chi connectivity index (χ0v) is 29.2. The number of carbonyl (C=O) groups excluding carboxylic acids is 1. The molecule has 0 saturated carbocycles. The third kappa shape index (κ3) is 6.51. The van der Waals surface area contributed by atoms with Crippen LogP contribution < -0.4 is 10.5 Å². The van der Waals surface area contributed by atoms with Crippen LogP contribution in [-0.2, 0) is 9.53 Å². The van der Waals surface area contributed by atoms with Gasteiger partial charge in [-0.15, -0.1) is 0 Å². The number of nitriles is 1. The highest BCUT2D eigenvalue weighted by Crippen LogP contribution is 2.37. The molecule has 7 rings (SSSR count). The van der Waals surface area contributed by atoms with Crippen molar-refractivity contribution in [1.29, 1.82) is 5.26 Å². The van der Waals surface area contributed by atoms with Gasteiger partial charge in [0.05, 0.1) is 36.8 Å². The molecule has 5 heterocycles. The zero-order valence-electron chi connectivity index (χ0n) is 28.3. The van der Waals surface area contributed by atoms with Crippen molar-refractivity contribution in [2.75, 3.05) is 58.2 Å². The first kappa shape index (κ1) is 34.2. The van der Waals surface area contributed by atoms with Gasteiger partial charge in [0.2, 0.25) is 5.91 Å². The summed E-state index contributed by atoms with van der Waals surface area (Å²) in [6, 6.07) is 16.3. The van der Waals surface area contributed by atoms with Crippen molar-refractivity contribution in [3.8, 4) is 28.8 Å². The van der Waals surface area contributed by atoms with Crippen LogP contribution in [0.2, 0.25) is 0 Å². The molecule has 12 nitrogen and oxygen atoms in total. The van der Waals surface area contributed by atoms with Gasteiger partial charge < -0.3 is 20.1 Å². The van der Waals surface area contributed by atoms with Gasteiger partial charge in [0, 0.05) is 61.7 Å². The third-order valence-corrected chi connectivity index (χ3v) is 11.4. The molecule has 0 unspecified atom stereocenters. The van der Waals surface area contributed by atoms with E-state index >= 15 is 4.39 Å². The summed E-state index contributed by atoms with van der Waals surface area (Å²) >= 11 is 4.95. The van der Waals surface area contributed by atoms with Crippen LogP contribution in [0.3, 0.4) is 0 Å². The van der Waals surface area contributed by atoms with E-state index in [1.54, 1.807) is 33.8 Å². The molecule has 0 aliphatic carbocycles. The number of aromatic nitrogens is 4. The number of likely N-dealkylation sites (tertiary alicyclic amines) is 1. The van der Waals surface area contributed by atoms with E-state index in [1.165, 1.54) is 12.4 Å². The number of nitrogens with zero attached hydrogens (tertiary/aromatic N) is 8. The Morgan fingerprint density at radius 3 is 2.52 bits per heavy atom. The number of nitrogens with two attached hydrogens (primary N) is 1. The molecule has 2 aromatic carbocycles. The predicted molar refractivity (Wildman–Crippen MR) is 190 cm³/mol. The predicted octanol–water partition coefficient (Wildman–Crippen LogP) is 4.40. The Bertz CT molecular complexity index is 1890. The van der Waals surface area contributed by atoms with E-state index in [1.807, 2.05) is 18.2 Å². The van der Waals surface area contributed by atoms with Crippen molar-refractivity contribution >= 4 is 35.4 Å². The molecule has 3 fully saturated rings. The Kier molecular flexibility index (Phi) is 9.67. The number of hydrogen-bond donors (Lipinski definition) is 2. The van der Waals surface area contributed by atoms with E-state index in [2.05, 4.69) is 39.7 Å². The van der Waals surface area contributed by atoms with Crippen LogP contribution in [0.25, 0.3) is 22.3 Å². The Morgan fingerprint density at radius 1 is 1.08 bits per heavy atom. The van der Waals surface area contributed by atoms with Crippen molar-refractivity contribution in [3.63, 3.8) is 0 Å². The average molecular weight is 700 g/mol. The van der Waals surface area contributed by atoms with Crippen molar-refractivity contribution in [1.82, 2.24) is 34.4 Å². The smallest absolute Gasteiger partial charge is 0.241 e. The molecule has 2 aromatic heterocycles. The summed E-state index contributed by atoms with van der Waals surface area (Å²) in [6.07, 6.45) is 2.76. The minimum absolute atomic E-state index is 0.176. The monoisotopic (exact) mass is 699 g/mol. The topological polar surface area (TPSA) is 139 Å². The van der Waals surface area contributed by atoms with Crippen LogP contribution in [0.15, 0.2) is 54.9 Å². The number of hydrogen-bond acceptors (Lipinski definition) is 11. The Labute approximate surface area is 296 Å². The largest absolute Gasteiger partial charge is 0.457 e. The van der Waals surface area contributed by atoms with Crippen LogP contribution >= 0.6 is 12.6 Å². The number of anilines is 1. The van der Waals surface area contributed by atoms with E-state index in [0.717, 1.165) is 39.4 Å². The first-order chi connectivity index (χ1) is 24.2. The van der Waals surface area contributed by atoms with E-state index in [0.29, 0.717) is 60.2 Å². The second-order valence-electron chi connectivity index (χ2n) is 13.8. The molecule has 14 heteroatoms. The van der Waals surface area contributed by atoms with Gasteiger partial charge >= 0.3 is 0 Å². The lowest BCUT2D eigenvalue weighted by molar-refractivity contribution is -0.136. The van der Waals surface area contributed by atoms with Gasteiger partial charge in [0.1, 0.15) is 41.1 Å². The summed E-state index contributed by atoms with van der Waals surface area (Å²) in [4.78, 5) is 29.3. The van der Waals surface area contributed by atoms with E-state index < -0.39 is 22.5 Å². The van der Waals surface area contributed by atoms with Gasteiger partial charge in [-0.05, 0) is 51.0 Å². The zero-order chi connectivity index (χ0) is 35.0. The fourth-order valence-electron chi connectivity index (χ4n) is 7.32. The lowest BCUT2D eigenvalue weighted by atomic mass is 9.86. The molecular weight excluding hydrogens is 658 g/mol. The van der Waals surface area contributed by atoms with Gasteiger partial charge in [-0.3, -0.25) is 14.6 Å². The maximum absolute atomic E-state index is 15.7. The standard InChI is InChI=1S/C36H42FN9O3S/c1-36(2,45-15-13-43(14-16-45)24-20-48-21-24)32(50)28(18-38)35(47)44-12-6-7-23(19-44)46-34-30(33(39)40-22-41-34)31(42-46)27-11-10-26(17-29(27)37)49-25-8-4-3-5-9-25/h3-5,8-11,17,22-24,28,32,50H,6-7,12-16,19-21H2,1-2H3,(H2,39,40,41)/t23-,28+,32+/m1/s1. The Hall–Kier alpha value is -4.29.